The van der Waals surface area contributed by atoms with Gasteiger partial charge in [-0.3, -0.25) is 19.4 Å². The zero-order valence-electron chi connectivity index (χ0n) is 17.3. The van der Waals surface area contributed by atoms with Crippen molar-refractivity contribution in [3.05, 3.63) is 23.8 Å². The van der Waals surface area contributed by atoms with Crippen LogP contribution < -0.4 is 20.1 Å². The van der Waals surface area contributed by atoms with Crippen LogP contribution in [-0.4, -0.2) is 81.1 Å². The number of benzene rings is 1. The van der Waals surface area contributed by atoms with Crippen LogP contribution in [0.15, 0.2) is 18.2 Å². The Morgan fingerprint density at radius 1 is 1.07 bits per heavy atom. The van der Waals surface area contributed by atoms with Gasteiger partial charge >= 0.3 is 0 Å². The van der Waals surface area contributed by atoms with Gasteiger partial charge in [0.25, 0.3) is 0 Å². The summed E-state index contributed by atoms with van der Waals surface area (Å²) in [5.41, 5.74) is 1.17. The van der Waals surface area contributed by atoms with Crippen LogP contribution in [0.25, 0.3) is 0 Å². The van der Waals surface area contributed by atoms with Crippen molar-refractivity contribution in [3.63, 3.8) is 0 Å². The van der Waals surface area contributed by atoms with Crippen LogP contribution in [0.1, 0.15) is 19.4 Å². The SMILES string of the molecule is CCNC(=O)[C@H](C)NC(=O)CN1CCN(Cc2ccc(OC)c(OC)c2)CC1. The van der Waals surface area contributed by atoms with Gasteiger partial charge in [-0.1, -0.05) is 6.07 Å². The number of amides is 2. The van der Waals surface area contributed by atoms with E-state index < -0.39 is 6.04 Å². The molecule has 1 aromatic carbocycles. The normalized spacial score (nSPS) is 16.3. The van der Waals surface area contributed by atoms with Gasteiger partial charge in [-0.05, 0) is 31.5 Å². The third kappa shape index (κ3) is 6.38. The van der Waals surface area contributed by atoms with E-state index in [-0.39, 0.29) is 11.8 Å². The smallest absolute Gasteiger partial charge is 0.242 e. The maximum atomic E-state index is 12.2. The van der Waals surface area contributed by atoms with E-state index in [9.17, 15) is 9.59 Å². The number of carbonyl (C=O) groups is 2. The van der Waals surface area contributed by atoms with Crippen LogP contribution in [0, 0.1) is 0 Å². The molecule has 0 bridgehead atoms. The van der Waals surface area contributed by atoms with E-state index in [1.54, 1.807) is 21.1 Å². The van der Waals surface area contributed by atoms with Crippen molar-refractivity contribution < 1.29 is 19.1 Å². The molecule has 0 spiro atoms. The molecule has 0 aliphatic carbocycles. The minimum atomic E-state index is -0.515. The molecule has 2 amide bonds. The zero-order valence-corrected chi connectivity index (χ0v) is 17.3. The van der Waals surface area contributed by atoms with Crippen molar-refractivity contribution in [2.24, 2.45) is 0 Å². The molecule has 156 valence electrons. The van der Waals surface area contributed by atoms with Gasteiger partial charge in [-0.2, -0.15) is 0 Å². The van der Waals surface area contributed by atoms with Gasteiger partial charge in [0.05, 0.1) is 20.8 Å². The van der Waals surface area contributed by atoms with Gasteiger partial charge in [0.15, 0.2) is 11.5 Å². The molecule has 1 aliphatic rings. The Bertz CT molecular complexity index is 660. The number of rotatable bonds is 9. The second-order valence-electron chi connectivity index (χ2n) is 6.93. The first-order valence-electron chi connectivity index (χ1n) is 9.69. The van der Waals surface area contributed by atoms with Crippen molar-refractivity contribution >= 4 is 11.8 Å². The summed E-state index contributed by atoms with van der Waals surface area (Å²) in [6.07, 6.45) is 0. The lowest BCUT2D eigenvalue weighted by molar-refractivity contribution is -0.129. The minimum absolute atomic E-state index is 0.118. The first kappa shape index (κ1) is 22.0. The van der Waals surface area contributed by atoms with Crippen molar-refractivity contribution in [2.45, 2.75) is 26.4 Å². The number of hydrogen-bond donors (Lipinski definition) is 2. The highest BCUT2D eigenvalue weighted by Crippen LogP contribution is 2.28. The van der Waals surface area contributed by atoms with Crippen LogP contribution in [0.3, 0.4) is 0 Å². The quantitative estimate of drug-likeness (QED) is 0.635. The molecule has 0 unspecified atom stereocenters. The molecular formula is C20H32N4O4. The number of carbonyl (C=O) groups excluding carboxylic acids is 2. The Kier molecular flexibility index (Phi) is 8.53. The largest absolute Gasteiger partial charge is 0.493 e. The van der Waals surface area contributed by atoms with Crippen LogP contribution >= 0.6 is 0 Å². The topological polar surface area (TPSA) is 83.1 Å². The molecule has 1 saturated heterocycles. The van der Waals surface area contributed by atoms with E-state index >= 15 is 0 Å². The van der Waals surface area contributed by atoms with Gasteiger partial charge < -0.3 is 20.1 Å². The highest BCUT2D eigenvalue weighted by molar-refractivity contribution is 5.87. The molecular weight excluding hydrogens is 360 g/mol. The average molecular weight is 393 g/mol. The van der Waals surface area contributed by atoms with Crippen molar-refractivity contribution in [1.29, 1.82) is 0 Å². The van der Waals surface area contributed by atoms with Crippen LogP contribution in [0.2, 0.25) is 0 Å². The number of nitrogens with one attached hydrogen (secondary N) is 2. The number of methoxy groups -OCH3 is 2. The highest BCUT2D eigenvalue weighted by atomic mass is 16.5. The van der Waals surface area contributed by atoms with E-state index in [1.165, 1.54) is 5.56 Å². The zero-order chi connectivity index (χ0) is 20.5. The molecule has 28 heavy (non-hydrogen) atoms. The number of nitrogens with zero attached hydrogens (tertiary/aromatic N) is 2. The average Bonchev–Trinajstić information content (AvgIpc) is 2.69. The van der Waals surface area contributed by atoms with E-state index in [4.69, 9.17) is 9.47 Å². The lowest BCUT2D eigenvalue weighted by Gasteiger charge is -2.34. The van der Waals surface area contributed by atoms with Crippen molar-refractivity contribution in [2.75, 3.05) is 53.5 Å². The van der Waals surface area contributed by atoms with Gasteiger partial charge in [0, 0.05) is 39.3 Å². The molecule has 8 heteroatoms. The summed E-state index contributed by atoms with van der Waals surface area (Å²) >= 11 is 0. The molecule has 1 fully saturated rings. The van der Waals surface area contributed by atoms with E-state index in [0.29, 0.717) is 13.1 Å². The van der Waals surface area contributed by atoms with Gasteiger partial charge in [0.1, 0.15) is 6.04 Å². The van der Waals surface area contributed by atoms with Crippen molar-refractivity contribution in [1.82, 2.24) is 20.4 Å². The Balaban J connectivity index is 1.77. The van der Waals surface area contributed by atoms with Crippen molar-refractivity contribution in [3.8, 4) is 11.5 Å². The summed E-state index contributed by atoms with van der Waals surface area (Å²) in [5.74, 6) is 1.18. The molecule has 2 rings (SSSR count). The van der Waals surface area contributed by atoms with E-state index in [1.807, 2.05) is 25.1 Å². The Morgan fingerprint density at radius 2 is 1.71 bits per heavy atom. The fourth-order valence-electron chi connectivity index (χ4n) is 3.23. The Hall–Kier alpha value is -2.32. The molecule has 0 aromatic heterocycles. The van der Waals surface area contributed by atoms with Gasteiger partial charge in [-0.25, -0.2) is 0 Å². The number of hydrogen-bond acceptors (Lipinski definition) is 6. The predicted molar refractivity (Wildman–Crippen MR) is 108 cm³/mol. The lowest BCUT2D eigenvalue weighted by atomic mass is 10.1. The third-order valence-electron chi connectivity index (χ3n) is 4.81. The molecule has 1 heterocycles. The van der Waals surface area contributed by atoms with E-state index in [0.717, 1.165) is 44.2 Å². The maximum Gasteiger partial charge on any atom is 0.242 e. The Morgan fingerprint density at radius 3 is 2.32 bits per heavy atom. The number of piperazine rings is 1. The van der Waals surface area contributed by atoms with Gasteiger partial charge in [-0.15, -0.1) is 0 Å². The summed E-state index contributed by atoms with van der Waals surface area (Å²) in [6.45, 7) is 8.65. The highest BCUT2D eigenvalue weighted by Gasteiger charge is 2.21. The second kappa shape index (κ2) is 10.9. The molecule has 1 aliphatic heterocycles. The standard InChI is InChI=1S/C20H32N4O4/c1-5-21-20(26)15(2)22-19(25)14-24-10-8-23(9-11-24)13-16-6-7-17(27-3)18(12-16)28-4/h6-7,12,15H,5,8-11,13-14H2,1-4H3,(H,21,26)(H,22,25)/t15-/m0/s1. The van der Waals surface area contributed by atoms with Crippen LogP contribution in [0.5, 0.6) is 11.5 Å². The summed E-state index contributed by atoms with van der Waals surface area (Å²) in [5, 5.41) is 5.46. The molecule has 0 radical (unpaired) electrons. The summed E-state index contributed by atoms with van der Waals surface area (Å²) in [7, 11) is 3.27. The third-order valence-corrected chi connectivity index (χ3v) is 4.81. The summed E-state index contributed by atoms with van der Waals surface area (Å²) in [6, 6.07) is 5.45. The van der Waals surface area contributed by atoms with Crippen LogP contribution in [0.4, 0.5) is 0 Å². The summed E-state index contributed by atoms with van der Waals surface area (Å²) < 4.78 is 10.6. The fraction of sp³-hybridized carbons (Fsp3) is 0.600. The lowest BCUT2D eigenvalue weighted by Crippen LogP contribution is -2.51. The van der Waals surface area contributed by atoms with Crippen LogP contribution in [-0.2, 0) is 16.1 Å². The molecule has 1 atom stereocenters. The first-order valence-corrected chi connectivity index (χ1v) is 9.69. The predicted octanol–water partition coefficient (Wildman–Crippen LogP) is 0.462. The second-order valence-corrected chi connectivity index (χ2v) is 6.93. The molecule has 8 nitrogen and oxygen atoms in total. The first-order chi connectivity index (χ1) is 13.5. The maximum absolute atomic E-state index is 12.2. The molecule has 1 aromatic rings. The minimum Gasteiger partial charge on any atom is -0.493 e. The fourth-order valence-corrected chi connectivity index (χ4v) is 3.23. The number of ether oxygens (including phenoxy) is 2. The molecule has 0 saturated carbocycles. The molecule has 2 N–H and O–H groups in total. The Labute approximate surface area is 167 Å². The monoisotopic (exact) mass is 392 g/mol. The van der Waals surface area contributed by atoms with E-state index in [2.05, 4.69) is 20.4 Å². The van der Waals surface area contributed by atoms with Gasteiger partial charge in [0.2, 0.25) is 11.8 Å². The summed E-state index contributed by atoms with van der Waals surface area (Å²) in [4.78, 5) is 28.3. The number of likely N-dealkylation sites (N-methyl/N-ethyl adjacent to an activating group) is 1.